The van der Waals surface area contributed by atoms with Crippen LogP contribution in [-0.2, 0) is 0 Å². The van der Waals surface area contributed by atoms with Crippen LogP contribution in [0.5, 0.6) is 11.6 Å². The second-order valence-electron chi connectivity index (χ2n) is 3.09. The Balaban J connectivity index is 2.18. The van der Waals surface area contributed by atoms with E-state index in [0.29, 0.717) is 16.7 Å². The second kappa shape index (κ2) is 4.69. The Labute approximate surface area is 98.9 Å². The van der Waals surface area contributed by atoms with Crippen molar-refractivity contribution in [3.63, 3.8) is 0 Å². The van der Waals surface area contributed by atoms with Gasteiger partial charge in [-0.15, -0.1) is 6.42 Å². The van der Waals surface area contributed by atoms with Crippen LogP contribution in [0.2, 0.25) is 5.02 Å². The van der Waals surface area contributed by atoms with Crippen LogP contribution in [0.1, 0.15) is 5.56 Å². The lowest BCUT2D eigenvalue weighted by Crippen LogP contribution is -1.87. The number of hydrogen-bond acceptors (Lipinski definition) is 2. The highest BCUT2D eigenvalue weighted by molar-refractivity contribution is 6.30. The van der Waals surface area contributed by atoms with E-state index in [-0.39, 0.29) is 0 Å². The van der Waals surface area contributed by atoms with E-state index in [1.165, 1.54) is 0 Å². The zero-order valence-electron chi connectivity index (χ0n) is 8.35. The summed E-state index contributed by atoms with van der Waals surface area (Å²) in [4.78, 5) is 4.07. The number of nitrogens with zero attached hydrogens (tertiary/aromatic N) is 1. The SMILES string of the molecule is C#Cc1ccc(Oc2cccc(Cl)c2)nc1. The summed E-state index contributed by atoms with van der Waals surface area (Å²) < 4.78 is 5.49. The molecule has 2 nitrogen and oxygen atoms in total. The fourth-order valence-electron chi connectivity index (χ4n) is 1.18. The molecule has 16 heavy (non-hydrogen) atoms. The highest BCUT2D eigenvalue weighted by atomic mass is 35.5. The van der Waals surface area contributed by atoms with Crippen LogP contribution in [0.3, 0.4) is 0 Å². The molecule has 3 heteroatoms. The van der Waals surface area contributed by atoms with Crippen LogP contribution in [0.15, 0.2) is 42.6 Å². The zero-order valence-corrected chi connectivity index (χ0v) is 9.11. The standard InChI is InChI=1S/C13H8ClNO/c1-2-10-6-7-13(15-9-10)16-12-5-3-4-11(14)8-12/h1,3-9H. The quantitative estimate of drug-likeness (QED) is 0.736. The first-order valence-corrected chi connectivity index (χ1v) is 5.02. The maximum absolute atomic E-state index is 5.83. The van der Waals surface area contributed by atoms with Crippen molar-refractivity contribution in [2.75, 3.05) is 0 Å². The van der Waals surface area contributed by atoms with Crippen molar-refractivity contribution in [2.45, 2.75) is 0 Å². The number of rotatable bonds is 2. The van der Waals surface area contributed by atoms with E-state index in [9.17, 15) is 0 Å². The molecule has 0 fully saturated rings. The summed E-state index contributed by atoms with van der Waals surface area (Å²) in [6, 6.07) is 10.6. The number of aromatic nitrogens is 1. The minimum absolute atomic E-state index is 0.487. The predicted octanol–water partition coefficient (Wildman–Crippen LogP) is 3.51. The average Bonchev–Trinajstić information content (AvgIpc) is 2.30. The fraction of sp³-hybridized carbons (Fsp3) is 0. The van der Waals surface area contributed by atoms with Crippen molar-refractivity contribution >= 4 is 11.6 Å². The Hall–Kier alpha value is -1.98. The van der Waals surface area contributed by atoms with Crippen molar-refractivity contribution in [3.05, 3.63) is 53.2 Å². The highest BCUT2D eigenvalue weighted by Gasteiger charge is 1.98. The number of halogens is 1. The molecule has 2 aromatic rings. The number of pyridine rings is 1. The maximum atomic E-state index is 5.83. The molecule has 1 aromatic carbocycles. The summed E-state index contributed by atoms with van der Waals surface area (Å²) in [5.74, 6) is 3.62. The molecule has 1 heterocycles. The van der Waals surface area contributed by atoms with Crippen LogP contribution < -0.4 is 4.74 Å². The van der Waals surface area contributed by atoms with Crippen molar-refractivity contribution in [1.82, 2.24) is 4.98 Å². The van der Waals surface area contributed by atoms with E-state index >= 15 is 0 Å². The van der Waals surface area contributed by atoms with Gasteiger partial charge in [-0.25, -0.2) is 4.98 Å². The molecule has 0 saturated carbocycles. The molecule has 0 amide bonds. The Morgan fingerprint density at radius 1 is 1.25 bits per heavy atom. The number of ether oxygens (including phenoxy) is 1. The van der Waals surface area contributed by atoms with Gasteiger partial charge >= 0.3 is 0 Å². The lowest BCUT2D eigenvalue weighted by atomic mass is 10.3. The van der Waals surface area contributed by atoms with E-state index in [1.807, 2.05) is 12.1 Å². The van der Waals surface area contributed by atoms with E-state index in [1.54, 1.807) is 30.5 Å². The Morgan fingerprint density at radius 2 is 2.12 bits per heavy atom. The van der Waals surface area contributed by atoms with Gasteiger partial charge in [0.2, 0.25) is 5.88 Å². The third-order valence-corrected chi connectivity index (χ3v) is 2.16. The first-order chi connectivity index (χ1) is 7.78. The van der Waals surface area contributed by atoms with E-state index in [4.69, 9.17) is 22.8 Å². The first kappa shape index (κ1) is 10.5. The van der Waals surface area contributed by atoms with E-state index in [0.717, 1.165) is 5.56 Å². The molecule has 0 saturated heterocycles. The molecule has 0 bridgehead atoms. The summed E-state index contributed by atoms with van der Waals surface area (Å²) in [6.07, 6.45) is 6.81. The normalized spacial score (nSPS) is 9.50. The monoisotopic (exact) mass is 229 g/mol. The molecule has 2 rings (SSSR count). The van der Waals surface area contributed by atoms with Crippen LogP contribution in [-0.4, -0.2) is 4.98 Å². The van der Waals surface area contributed by atoms with Crippen molar-refractivity contribution in [3.8, 4) is 24.0 Å². The molecule has 0 N–H and O–H groups in total. The molecular formula is C13H8ClNO. The van der Waals surface area contributed by atoms with Gasteiger partial charge in [-0.05, 0) is 24.3 Å². The largest absolute Gasteiger partial charge is 0.439 e. The van der Waals surface area contributed by atoms with Gasteiger partial charge in [-0.1, -0.05) is 23.6 Å². The first-order valence-electron chi connectivity index (χ1n) is 4.64. The Bertz CT molecular complexity index is 528. The van der Waals surface area contributed by atoms with Crippen LogP contribution >= 0.6 is 11.6 Å². The smallest absolute Gasteiger partial charge is 0.219 e. The number of hydrogen-bond donors (Lipinski definition) is 0. The van der Waals surface area contributed by atoms with Gasteiger partial charge in [0.15, 0.2) is 0 Å². The van der Waals surface area contributed by atoms with Gasteiger partial charge in [0.05, 0.1) is 0 Å². The minimum Gasteiger partial charge on any atom is -0.439 e. The third-order valence-electron chi connectivity index (χ3n) is 1.92. The molecule has 78 valence electrons. The minimum atomic E-state index is 0.487. The van der Waals surface area contributed by atoms with Crippen molar-refractivity contribution < 1.29 is 4.74 Å². The van der Waals surface area contributed by atoms with Gasteiger partial charge in [0, 0.05) is 22.8 Å². The predicted molar refractivity (Wildman–Crippen MR) is 63.7 cm³/mol. The average molecular weight is 230 g/mol. The van der Waals surface area contributed by atoms with Gasteiger partial charge in [-0.2, -0.15) is 0 Å². The molecule has 1 aromatic heterocycles. The van der Waals surface area contributed by atoms with E-state index < -0.39 is 0 Å². The van der Waals surface area contributed by atoms with Crippen LogP contribution in [0.25, 0.3) is 0 Å². The highest BCUT2D eigenvalue weighted by Crippen LogP contribution is 2.22. The molecule has 0 spiro atoms. The van der Waals surface area contributed by atoms with Gasteiger partial charge in [0.25, 0.3) is 0 Å². The third kappa shape index (κ3) is 2.53. The van der Waals surface area contributed by atoms with Gasteiger partial charge in [-0.3, -0.25) is 0 Å². The van der Waals surface area contributed by atoms with Crippen molar-refractivity contribution in [1.29, 1.82) is 0 Å². The lowest BCUT2D eigenvalue weighted by Gasteiger charge is -2.04. The lowest BCUT2D eigenvalue weighted by molar-refractivity contribution is 0.463. The summed E-state index contributed by atoms with van der Waals surface area (Å²) in [5.41, 5.74) is 0.721. The zero-order chi connectivity index (χ0) is 11.4. The molecule has 0 atom stereocenters. The van der Waals surface area contributed by atoms with E-state index in [2.05, 4.69) is 10.9 Å². The van der Waals surface area contributed by atoms with Gasteiger partial charge in [0.1, 0.15) is 5.75 Å². The summed E-state index contributed by atoms with van der Waals surface area (Å²) >= 11 is 5.83. The summed E-state index contributed by atoms with van der Waals surface area (Å²) in [7, 11) is 0. The molecule has 0 aliphatic carbocycles. The van der Waals surface area contributed by atoms with Gasteiger partial charge < -0.3 is 4.74 Å². The van der Waals surface area contributed by atoms with Crippen LogP contribution in [0, 0.1) is 12.3 Å². The molecular weight excluding hydrogens is 222 g/mol. The summed E-state index contributed by atoms with van der Waals surface area (Å²) in [5, 5.41) is 0.623. The molecule has 0 radical (unpaired) electrons. The van der Waals surface area contributed by atoms with Crippen molar-refractivity contribution in [2.24, 2.45) is 0 Å². The fourth-order valence-corrected chi connectivity index (χ4v) is 1.36. The molecule has 0 unspecified atom stereocenters. The number of benzene rings is 1. The summed E-state index contributed by atoms with van der Waals surface area (Å²) in [6.45, 7) is 0. The Morgan fingerprint density at radius 3 is 2.75 bits per heavy atom. The van der Waals surface area contributed by atoms with Crippen LogP contribution in [0.4, 0.5) is 0 Å². The number of terminal acetylenes is 1. The maximum Gasteiger partial charge on any atom is 0.219 e. The second-order valence-corrected chi connectivity index (χ2v) is 3.53. The molecule has 0 aliphatic rings. The topological polar surface area (TPSA) is 22.1 Å². The Kier molecular flexibility index (Phi) is 3.09. The molecule has 0 aliphatic heterocycles.